The van der Waals surface area contributed by atoms with Gasteiger partial charge in [0.15, 0.2) is 11.5 Å². The Labute approximate surface area is 317 Å². The summed E-state index contributed by atoms with van der Waals surface area (Å²) in [5.41, 5.74) is 8.02. The van der Waals surface area contributed by atoms with Crippen molar-refractivity contribution in [2.24, 2.45) is 0 Å². The molecule has 0 spiro atoms. The fourth-order valence-electron chi connectivity index (χ4n) is 6.89. The van der Waals surface area contributed by atoms with E-state index in [0.717, 1.165) is 78.7 Å². The molecular weight excluding hydrogens is 698 g/mol. The molecule has 53 heavy (non-hydrogen) atoms. The number of fused-ring (bicyclic) bond motifs is 4. The number of hydrogen-bond acceptors (Lipinski definition) is 6. The molecule has 0 aliphatic carbocycles. The Kier molecular flexibility index (Phi) is 9.71. The highest BCUT2D eigenvalue weighted by Crippen LogP contribution is 2.58. The van der Waals surface area contributed by atoms with E-state index in [0.29, 0.717) is 6.16 Å². The number of para-hydroxylation sites is 1. The van der Waals surface area contributed by atoms with Gasteiger partial charge in [-0.3, -0.25) is 0 Å². The van der Waals surface area contributed by atoms with Crippen LogP contribution in [0.15, 0.2) is 91.0 Å². The van der Waals surface area contributed by atoms with Crippen molar-refractivity contribution in [3.8, 4) is 56.8 Å². The maximum Gasteiger partial charge on any atom is 0.326 e. The van der Waals surface area contributed by atoms with E-state index in [2.05, 4.69) is 129 Å². The van der Waals surface area contributed by atoms with Gasteiger partial charge in [0, 0.05) is 16.7 Å². The van der Waals surface area contributed by atoms with Crippen molar-refractivity contribution in [3.63, 3.8) is 0 Å². The second-order valence-electron chi connectivity index (χ2n) is 16.8. The van der Waals surface area contributed by atoms with Gasteiger partial charge in [-0.1, -0.05) is 105 Å². The highest BCUT2D eigenvalue weighted by Gasteiger charge is 2.36. The Hall–Kier alpha value is -4.24. The fraction of sp³-hybridized carbons (Fsp3) is 0.333. The molecule has 7 rings (SSSR count). The van der Waals surface area contributed by atoms with Crippen LogP contribution in [0.1, 0.15) is 84.6 Å². The van der Waals surface area contributed by atoms with Crippen LogP contribution in [-0.2, 0) is 22.4 Å². The summed E-state index contributed by atoms with van der Waals surface area (Å²) in [6.07, 6.45) is 0.559. The van der Waals surface area contributed by atoms with Gasteiger partial charge in [-0.25, -0.2) is 0 Å². The van der Waals surface area contributed by atoms with Gasteiger partial charge in [-0.15, -0.1) is 0 Å². The lowest BCUT2D eigenvalue weighted by atomic mass is 9.79. The zero-order valence-corrected chi connectivity index (χ0v) is 34.5. The van der Waals surface area contributed by atoms with Crippen molar-refractivity contribution in [2.45, 2.75) is 84.7 Å². The van der Waals surface area contributed by atoms with Gasteiger partial charge in [-0.05, 0) is 92.6 Å². The minimum absolute atomic E-state index is 0.00793. The number of hydrogen-bond donors (Lipinski definition) is 0. The van der Waals surface area contributed by atoms with Crippen LogP contribution in [0, 0.1) is 0 Å². The zero-order valence-electron chi connectivity index (χ0n) is 32.7. The molecule has 0 saturated carbocycles. The molecule has 0 fully saturated rings. The third-order valence-corrected chi connectivity index (χ3v) is 12.7. The maximum absolute atomic E-state index is 7.29. The quantitative estimate of drug-likeness (QED) is 0.155. The summed E-state index contributed by atoms with van der Waals surface area (Å²) in [6.45, 7) is 20.0. The molecule has 0 bridgehead atoms. The third-order valence-electron chi connectivity index (χ3n) is 9.79. The van der Waals surface area contributed by atoms with E-state index in [9.17, 15) is 0 Å². The fourth-order valence-corrected chi connectivity index (χ4v) is 9.92. The molecule has 0 saturated heterocycles. The predicted molar refractivity (Wildman–Crippen MR) is 219 cm³/mol. The molecule has 2 atom stereocenters. The Morgan fingerprint density at radius 3 is 1.79 bits per heavy atom. The summed E-state index contributed by atoms with van der Waals surface area (Å²) in [7, 11) is 0.531. The van der Waals surface area contributed by atoms with Crippen LogP contribution in [0.5, 0.6) is 34.5 Å². The summed E-state index contributed by atoms with van der Waals surface area (Å²) in [6, 6.07) is 31.3. The van der Waals surface area contributed by atoms with E-state index < -0.39 is 16.8 Å². The molecule has 2 unspecified atom stereocenters. The first-order valence-electron chi connectivity index (χ1n) is 18.1. The molecule has 276 valence electrons. The highest BCUT2D eigenvalue weighted by atomic mass is 31.2. The lowest BCUT2D eigenvalue weighted by molar-refractivity contribution is 0.410. The second kappa shape index (κ2) is 13.9. The predicted octanol–water partition coefficient (Wildman–Crippen LogP) is 12.6. The van der Waals surface area contributed by atoms with E-state index in [1.807, 2.05) is 24.3 Å². The van der Waals surface area contributed by atoms with Crippen LogP contribution in [0.2, 0.25) is 0 Å². The van der Waals surface area contributed by atoms with Gasteiger partial charge in [0.1, 0.15) is 23.0 Å². The minimum Gasteiger partial charge on any atom is -0.497 e. The minimum atomic E-state index is -1.56. The number of benzene rings is 5. The van der Waals surface area contributed by atoms with E-state index in [1.54, 1.807) is 14.2 Å². The molecule has 0 amide bonds. The summed E-state index contributed by atoms with van der Waals surface area (Å²) in [4.78, 5) is 0. The van der Waals surface area contributed by atoms with Crippen LogP contribution in [0.3, 0.4) is 0 Å². The van der Waals surface area contributed by atoms with Gasteiger partial charge < -0.3 is 27.6 Å². The van der Waals surface area contributed by atoms with E-state index in [1.165, 1.54) is 5.56 Å². The Morgan fingerprint density at radius 1 is 0.528 bits per heavy atom. The van der Waals surface area contributed by atoms with Crippen molar-refractivity contribution in [3.05, 3.63) is 113 Å². The number of methoxy groups -OCH3 is 2. The van der Waals surface area contributed by atoms with Gasteiger partial charge in [0.05, 0.1) is 25.7 Å². The Bertz CT molecular complexity index is 2170. The van der Waals surface area contributed by atoms with Gasteiger partial charge in [0.2, 0.25) is 0 Å². The first-order chi connectivity index (χ1) is 25.0. The molecule has 0 radical (unpaired) electrons. The molecule has 0 N–H and O–H groups in total. The van der Waals surface area contributed by atoms with E-state index in [4.69, 9.17) is 27.6 Å². The van der Waals surface area contributed by atoms with Gasteiger partial charge in [0.25, 0.3) is 8.38 Å². The Balaban J connectivity index is 1.41. The van der Waals surface area contributed by atoms with E-state index in [-0.39, 0.29) is 16.2 Å². The van der Waals surface area contributed by atoms with Crippen LogP contribution in [0.4, 0.5) is 0 Å². The Morgan fingerprint density at radius 2 is 1.13 bits per heavy atom. The second-order valence-corrected chi connectivity index (χ2v) is 19.5. The summed E-state index contributed by atoms with van der Waals surface area (Å²) in [5.74, 6) is 4.66. The lowest BCUT2D eigenvalue weighted by Gasteiger charge is -2.32. The van der Waals surface area contributed by atoms with Crippen molar-refractivity contribution in [2.75, 3.05) is 14.2 Å². The van der Waals surface area contributed by atoms with E-state index >= 15 is 0 Å². The lowest BCUT2D eigenvalue weighted by Crippen LogP contribution is -2.20. The normalized spacial score (nSPS) is 16.4. The molecule has 2 aliphatic rings. The smallest absolute Gasteiger partial charge is 0.326 e. The highest BCUT2D eigenvalue weighted by molar-refractivity contribution is 7.57. The molecule has 5 aromatic carbocycles. The average Bonchev–Trinajstić information content (AvgIpc) is 3.52. The first kappa shape index (κ1) is 37.1. The summed E-state index contributed by atoms with van der Waals surface area (Å²) < 4.78 is 39.3. The SMILES string of the molecule is COc1cc(-c2cc(OC)cc(C(C)(C)C)c2OP2Oc3ccccc3-c3ccccc32)c(CP2Oc3ccc(C(C)(C)C)cc3O2)c(C(C)(C)C)c1. The molecule has 6 nitrogen and oxygen atoms in total. The summed E-state index contributed by atoms with van der Waals surface area (Å²) >= 11 is 0. The molecule has 5 aromatic rings. The van der Waals surface area contributed by atoms with Gasteiger partial charge >= 0.3 is 8.38 Å². The van der Waals surface area contributed by atoms with Crippen LogP contribution in [-0.4, -0.2) is 14.2 Å². The van der Waals surface area contributed by atoms with Crippen molar-refractivity contribution in [1.29, 1.82) is 0 Å². The van der Waals surface area contributed by atoms with Gasteiger partial charge in [-0.2, -0.15) is 0 Å². The average molecular weight is 749 g/mol. The topological polar surface area (TPSA) is 55.4 Å². The summed E-state index contributed by atoms with van der Waals surface area (Å²) in [5, 5.41) is 1.03. The van der Waals surface area contributed by atoms with Crippen molar-refractivity contribution < 1.29 is 27.6 Å². The zero-order chi connectivity index (χ0) is 37.9. The molecule has 8 heteroatoms. The standard InChI is InChI=1S/C45H50O6P2/c1-43(2,3)28-20-21-39-40(22-28)49-52(48-39)27-35-33(23-29(46-10)25-36(35)44(4,5)6)34-24-30(47-11)26-37(45(7,8)9)42(34)51-53-41-19-15-13-17-32(41)31-16-12-14-18-38(31)50-53/h12-26H,27H2,1-11H3. The molecular formula is C45H50O6P2. The maximum atomic E-state index is 7.29. The molecule has 2 aliphatic heterocycles. The molecule has 0 aromatic heterocycles. The monoisotopic (exact) mass is 748 g/mol. The third kappa shape index (κ3) is 7.34. The van der Waals surface area contributed by atoms with Crippen LogP contribution < -0.4 is 32.9 Å². The largest absolute Gasteiger partial charge is 0.497 e. The molecule has 2 heterocycles. The van der Waals surface area contributed by atoms with Crippen LogP contribution >= 0.6 is 16.8 Å². The number of ether oxygens (including phenoxy) is 2. The van der Waals surface area contributed by atoms with Crippen LogP contribution in [0.25, 0.3) is 22.3 Å². The first-order valence-corrected chi connectivity index (χ1v) is 20.7. The van der Waals surface area contributed by atoms with Crippen molar-refractivity contribution in [1.82, 2.24) is 0 Å². The van der Waals surface area contributed by atoms with Crippen molar-refractivity contribution >= 4 is 22.1 Å². The number of rotatable bonds is 7.